The molecule has 0 saturated carbocycles. The first-order chi connectivity index (χ1) is 11.0. The van der Waals surface area contributed by atoms with E-state index in [1.165, 1.54) is 6.07 Å². The number of aryl methyl sites for hydroxylation is 1. The molecule has 0 spiro atoms. The van der Waals surface area contributed by atoms with Gasteiger partial charge in [-0.05, 0) is 43.5 Å². The predicted octanol–water partition coefficient (Wildman–Crippen LogP) is 3.09. The van der Waals surface area contributed by atoms with Gasteiger partial charge in [-0.15, -0.1) is 11.3 Å². The van der Waals surface area contributed by atoms with Gasteiger partial charge in [0.2, 0.25) is 0 Å². The number of nitrogens with one attached hydrogen (secondary N) is 1. The van der Waals surface area contributed by atoms with Crippen molar-refractivity contribution >= 4 is 33.0 Å². The minimum atomic E-state index is -3.67. The average molecular weight is 350 g/mol. The van der Waals surface area contributed by atoms with Gasteiger partial charge >= 0.3 is 0 Å². The fourth-order valence-corrected chi connectivity index (χ4v) is 4.79. The van der Waals surface area contributed by atoms with Crippen molar-refractivity contribution in [2.45, 2.75) is 24.0 Å². The van der Waals surface area contributed by atoms with Gasteiger partial charge in [0.25, 0.3) is 15.9 Å². The van der Waals surface area contributed by atoms with Crippen LogP contribution in [0.3, 0.4) is 0 Å². The first-order valence-electron chi connectivity index (χ1n) is 7.43. The van der Waals surface area contributed by atoms with Crippen LogP contribution in [0.4, 0.5) is 5.69 Å². The Morgan fingerprint density at radius 3 is 2.65 bits per heavy atom. The highest BCUT2D eigenvalue weighted by Gasteiger charge is 2.23. The number of carbonyl (C=O) groups excluding carboxylic acids is 1. The van der Waals surface area contributed by atoms with Gasteiger partial charge in [-0.3, -0.25) is 9.52 Å². The third kappa shape index (κ3) is 3.56. The second kappa shape index (κ2) is 6.33. The van der Waals surface area contributed by atoms with Gasteiger partial charge in [0.15, 0.2) is 0 Å². The van der Waals surface area contributed by atoms with Crippen LogP contribution >= 0.6 is 11.3 Å². The Hall–Kier alpha value is -1.86. The molecule has 122 valence electrons. The zero-order valence-electron chi connectivity index (χ0n) is 12.8. The molecule has 1 N–H and O–H groups in total. The lowest BCUT2D eigenvalue weighted by Crippen LogP contribution is -2.27. The Bertz CT molecular complexity index is 821. The lowest BCUT2D eigenvalue weighted by molar-refractivity contribution is 0.0793. The van der Waals surface area contributed by atoms with E-state index in [9.17, 15) is 13.2 Å². The lowest BCUT2D eigenvalue weighted by atomic mass is 10.2. The minimum absolute atomic E-state index is 0.0873. The van der Waals surface area contributed by atoms with E-state index in [0.717, 1.165) is 42.8 Å². The van der Waals surface area contributed by atoms with Crippen molar-refractivity contribution in [3.63, 3.8) is 0 Å². The molecule has 23 heavy (non-hydrogen) atoms. The molecule has 0 bridgehead atoms. The molecule has 1 aliphatic rings. The Morgan fingerprint density at radius 2 is 1.96 bits per heavy atom. The van der Waals surface area contributed by atoms with Gasteiger partial charge in [0, 0.05) is 24.2 Å². The van der Waals surface area contributed by atoms with E-state index in [1.807, 2.05) is 13.0 Å². The molecule has 2 heterocycles. The molecule has 1 aromatic heterocycles. The normalized spacial score (nSPS) is 14.9. The molecule has 3 rings (SSSR count). The summed E-state index contributed by atoms with van der Waals surface area (Å²) in [5.41, 5.74) is 1.94. The second-order valence-electron chi connectivity index (χ2n) is 5.63. The van der Waals surface area contributed by atoms with Crippen LogP contribution in [0.2, 0.25) is 0 Å². The lowest BCUT2D eigenvalue weighted by Gasteiger charge is -2.13. The Kier molecular flexibility index (Phi) is 4.41. The first-order valence-corrected chi connectivity index (χ1v) is 9.79. The topological polar surface area (TPSA) is 66.5 Å². The maximum atomic E-state index is 12.4. The van der Waals surface area contributed by atoms with Crippen LogP contribution in [-0.4, -0.2) is 32.3 Å². The van der Waals surface area contributed by atoms with Crippen LogP contribution < -0.4 is 4.72 Å². The highest BCUT2D eigenvalue weighted by Crippen LogP contribution is 2.25. The number of nitrogens with zero attached hydrogens (tertiary/aromatic N) is 1. The number of thiophene rings is 1. The zero-order chi connectivity index (χ0) is 16.4. The SMILES string of the molecule is Cc1cccc(NS(=O)(=O)c2cc(C(=O)N3CCCC3)cs2)c1. The Labute approximate surface area is 140 Å². The van der Waals surface area contributed by atoms with Gasteiger partial charge in [0.1, 0.15) is 4.21 Å². The summed E-state index contributed by atoms with van der Waals surface area (Å²) in [6.45, 7) is 3.40. The number of carbonyl (C=O) groups is 1. The van der Waals surface area contributed by atoms with Crippen LogP contribution in [0.1, 0.15) is 28.8 Å². The standard InChI is InChI=1S/C16H18N2O3S2/c1-12-5-4-6-14(9-12)17-23(20,21)15-10-13(11-22-15)16(19)18-7-2-3-8-18/h4-6,9-11,17H,2-3,7-8H2,1H3. The summed E-state index contributed by atoms with van der Waals surface area (Å²) in [5.74, 6) is -0.0873. The molecule has 0 atom stereocenters. The summed E-state index contributed by atoms with van der Waals surface area (Å²) in [6.07, 6.45) is 2.02. The third-order valence-corrected chi connectivity index (χ3v) is 6.57. The Morgan fingerprint density at radius 1 is 1.22 bits per heavy atom. The number of anilines is 1. The van der Waals surface area contributed by atoms with E-state index in [0.29, 0.717) is 11.3 Å². The summed E-state index contributed by atoms with van der Waals surface area (Å²) < 4.78 is 27.6. The molecule has 1 aliphatic heterocycles. The number of hydrogen-bond donors (Lipinski definition) is 1. The Balaban J connectivity index is 1.79. The van der Waals surface area contributed by atoms with E-state index >= 15 is 0 Å². The number of amides is 1. The summed E-state index contributed by atoms with van der Waals surface area (Å²) >= 11 is 1.07. The zero-order valence-corrected chi connectivity index (χ0v) is 14.4. The monoisotopic (exact) mass is 350 g/mol. The molecule has 1 aromatic carbocycles. The van der Waals surface area contributed by atoms with Crippen LogP contribution in [0.15, 0.2) is 39.9 Å². The van der Waals surface area contributed by atoms with Crippen molar-refractivity contribution < 1.29 is 13.2 Å². The summed E-state index contributed by atoms with van der Waals surface area (Å²) in [7, 11) is -3.67. The van der Waals surface area contributed by atoms with Crippen LogP contribution in [0.25, 0.3) is 0 Å². The molecule has 2 aromatic rings. The minimum Gasteiger partial charge on any atom is -0.339 e. The van der Waals surface area contributed by atoms with Gasteiger partial charge in [-0.25, -0.2) is 8.42 Å². The van der Waals surface area contributed by atoms with Gasteiger partial charge in [-0.1, -0.05) is 12.1 Å². The largest absolute Gasteiger partial charge is 0.339 e. The second-order valence-corrected chi connectivity index (χ2v) is 8.45. The number of rotatable bonds is 4. The highest BCUT2D eigenvalue weighted by molar-refractivity contribution is 7.94. The molecular formula is C16H18N2O3S2. The predicted molar refractivity (Wildman–Crippen MR) is 91.4 cm³/mol. The number of hydrogen-bond acceptors (Lipinski definition) is 4. The highest BCUT2D eigenvalue weighted by atomic mass is 32.2. The van der Waals surface area contributed by atoms with Crippen LogP contribution in [0.5, 0.6) is 0 Å². The molecule has 0 radical (unpaired) electrons. The van der Waals surface area contributed by atoms with Crippen molar-refractivity contribution in [1.82, 2.24) is 4.90 Å². The fraction of sp³-hybridized carbons (Fsp3) is 0.312. The average Bonchev–Trinajstić information content (AvgIpc) is 3.18. The van der Waals surface area contributed by atoms with Crippen molar-refractivity contribution in [3.05, 3.63) is 46.8 Å². The molecule has 5 nitrogen and oxygen atoms in total. The van der Waals surface area contributed by atoms with E-state index in [-0.39, 0.29) is 10.1 Å². The molecule has 0 unspecified atom stereocenters. The van der Waals surface area contributed by atoms with E-state index in [1.54, 1.807) is 28.5 Å². The molecule has 1 fully saturated rings. The van der Waals surface area contributed by atoms with Crippen molar-refractivity contribution in [2.24, 2.45) is 0 Å². The van der Waals surface area contributed by atoms with E-state index in [2.05, 4.69) is 4.72 Å². The van der Waals surface area contributed by atoms with Crippen molar-refractivity contribution in [1.29, 1.82) is 0 Å². The van der Waals surface area contributed by atoms with Crippen LogP contribution in [-0.2, 0) is 10.0 Å². The smallest absolute Gasteiger partial charge is 0.271 e. The number of likely N-dealkylation sites (tertiary alicyclic amines) is 1. The van der Waals surface area contributed by atoms with Crippen molar-refractivity contribution in [2.75, 3.05) is 17.8 Å². The molecule has 1 amide bonds. The van der Waals surface area contributed by atoms with Crippen molar-refractivity contribution in [3.8, 4) is 0 Å². The van der Waals surface area contributed by atoms with Gasteiger partial charge in [-0.2, -0.15) is 0 Å². The van der Waals surface area contributed by atoms with Crippen LogP contribution in [0, 0.1) is 6.92 Å². The summed E-state index contributed by atoms with van der Waals surface area (Å²) in [5, 5.41) is 1.62. The fourth-order valence-electron chi connectivity index (χ4n) is 2.59. The quantitative estimate of drug-likeness (QED) is 0.921. The molecular weight excluding hydrogens is 332 g/mol. The maximum absolute atomic E-state index is 12.4. The molecule has 0 aliphatic carbocycles. The van der Waals surface area contributed by atoms with Gasteiger partial charge in [0.05, 0.1) is 5.56 Å². The maximum Gasteiger partial charge on any atom is 0.271 e. The number of benzene rings is 1. The molecule has 1 saturated heterocycles. The molecule has 7 heteroatoms. The first kappa shape index (κ1) is 16.0. The van der Waals surface area contributed by atoms with E-state index < -0.39 is 10.0 Å². The van der Waals surface area contributed by atoms with E-state index in [4.69, 9.17) is 0 Å². The third-order valence-electron chi connectivity index (χ3n) is 3.75. The summed E-state index contributed by atoms with van der Waals surface area (Å²) in [6, 6.07) is 8.62. The van der Waals surface area contributed by atoms with Gasteiger partial charge < -0.3 is 4.90 Å². The number of sulfonamides is 1. The summed E-state index contributed by atoms with van der Waals surface area (Å²) in [4.78, 5) is 14.1.